The molecule has 1 heterocycles. The maximum Gasteiger partial charge on any atom is 0.0738 e. The lowest BCUT2D eigenvalue weighted by Crippen LogP contribution is -1.89. The molecule has 0 bridgehead atoms. The van der Waals surface area contributed by atoms with E-state index in [4.69, 9.17) is 0 Å². The lowest BCUT2D eigenvalue weighted by molar-refractivity contribution is 1.23. The monoisotopic (exact) mass is 328 g/mol. The molecule has 2 aromatic carbocycles. The number of rotatable bonds is 3. The molecule has 0 aliphatic carbocycles. The fourth-order valence-corrected chi connectivity index (χ4v) is 3.58. The number of alkyl halides is 1. The van der Waals surface area contributed by atoms with E-state index in [1.165, 1.54) is 21.6 Å². The molecule has 0 aliphatic rings. The summed E-state index contributed by atoms with van der Waals surface area (Å²) in [5, 5.41) is 2.11. The minimum absolute atomic E-state index is 0.289. The summed E-state index contributed by atoms with van der Waals surface area (Å²) < 4.78 is 0. The third kappa shape index (κ3) is 2.80. The average Bonchev–Trinajstić information content (AvgIpc) is 3.02. The first-order chi connectivity index (χ1) is 9.34. The van der Waals surface area contributed by atoms with Crippen molar-refractivity contribution in [2.24, 2.45) is 0 Å². The summed E-state index contributed by atoms with van der Waals surface area (Å²) in [5.41, 5.74) is 3.81. The van der Waals surface area contributed by atoms with Gasteiger partial charge in [0.15, 0.2) is 0 Å². The van der Waals surface area contributed by atoms with Gasteiger partial charge in [-0.1, -0.05) is 76.6 Å². The van der Waals surface area contributed by atoms with Gasteiger partial charge in [-0.2, -0.15) is 0 Å². The van der Waals surface area contributed by atoms with Crippen molar-refractivity contribution in [3.8, 4) is 11.1 Å². The van der Waals surface area contributed by atoms with Crippen molar-refractivity contribution in [1.29, 1.82) is 0 Å². The Morgan fingerprint density at radius 1 is 0.737 bits per heavy atom. The van der Waals surface area contributed by atoms with Crippen LogP contribution in [0, 0.1) is 0 Å². The van der Waals surface area contributed by atoms with Gasteiger partial charge < -0.3 is 0 Å². The second-order valence-electron chi connectivity index (χ2n) is 4.37. The average molecular weight is 329 g/mol. The first-order valence-corrected chi connectivity index (χ1v) is 7.97. The van der Waals surface area contributed by atoms with E-state index in [-0.39, 0.29) is 4.83 Å². The second-order valence-corrected chi connectivity index (χ2v) is 6.26. The van der Waals surface area contributed by atoms with E-state index >= 15 is 0 Å². The van der Waals surface area contributed by atoms with E-state index < -0.39 is 0 Å². The largest absolute Gasteiger partial charge is 0.147 e. The predicted octanol–water partition coefficient (Wildman–Crippen LogP) is 5.90. The van der Waals surface area contributed by atoms with Gasteiger partial charge in [0.25, 0.3) is 0 Å². The van der Waals surface area contributed by atoms with Crippen LogP contribution in [-0.4, -0.2) is 0 Å². The van der Waals surface area contributed by atoms with Crippen molar-refractivity contribution in [3.05, 3.63) is 82.6 Å². The van der Waals surface area contributed by atoms with Crippen LogP contribution in [0.4, 0.5) is 0 Å². The Balaban J connectivity index is 1.87. The van der Waals surface area contributed by atoms with E-state index in [2.05, 4.69) is 82.0 Å². The molecule has 3 rings (SSSR count). The summed E-state index contributed by atoms with van der Waals surface area (Å²) in [5.74, 6) is 0. The van der Waals surface area contributed by atoms with Crippen LogP contribution in [0.15, 0.2) is 72.1 Å². The van der Waals surface area contributed by atoms with Gasteiger partial charge in [0, 0.05) is 4.88 Å². The Morgan fingerprint density at radius 3 is 2.05 bits per heavy atom. The van der Waals surface area contributed by atoms with Gasteiger partial charge in [-0.15, -0.1) is 11.3 Å². The molecule has 2 heteroatoms. The van der Waals surface area contributed by atoms with E-state index in [0.717, 1.165) is 0 Å². The van der Waals surface area contributed by atoms with Crippen LogP contribution >= 0.6 is 27.3 Å². The van der Waals surface area contributed by atoms with Gasteiger partial charge in [-0.05, 0) is 28.1 Å². The lowest BCUT2D eigenvalue weighted by Gasteiger charge is -2.09. The minimum Gasteiger partial charge on any atom is -0.147 e. The molecule has 0 saturated carbocycles. The SMILES string of the molecule is BrC(c1ccc(-c2ccccc2)cc1)c1cccs1. The topological polar surface area (TPSA) is 0 Å². The van der Waals surface area contributed by atoms with E-state index in [0.29, 0.717) is 0 Å². The first kappa shape index (κ1) is 12.6. The van der Waals surface area contributed by atoms with Crippen LogP contribution < -0.4 is 0 Å². The lowest BCUT2D eigenvalue weighted by atomic mass is 10.0. The summed E-state index contributed by atoms with van der Waals surface area (Å²) in [6, 6.07) is 23.5. The highest BCUT2D eigenvalue weighted by atomic mass is 79.9. The van der Waals surface area contributed by atoms with Gasteiger partial charge in [-0.3, -0.25) is 0 Å². The quantitative estimate of drug-likeness (QED) is 0.525. The molecule has 0 aliphatic heterocycles. The number of halogens is 1. The van der Waals surface area contributed by atoms with E-state index in [1.807, 2.05) is 6.07 Å². The van der Waals surface area contributed by atoms with Gasteiger partial charge in [0.2, 0.25) is 0 Å². The van der Waals surface area contributed by atoms with Crippen LogP contribution in [0.25, 0.3) is 11.1 Å². The molecule has 0 radical (unpaired) electrons. The zero-order valence-corrected chi connectivity index (χ0v) is 12.7. The molecule has 0 N–H and O–H groups in total. The van der Waals surface area contributed by atoms with Gasteiger partial charge in [0.05, 0.1) is 4.83 Å². The molecule has 0 nitrogen and oxygen atoms in total. The third-order valence-electron chi connectivity index (χ3n) is 3.10. The van der Waals surface area contributed by atoms with E-state index in [9.17, 15) is 0 Å². The molecule has 0 fully saturated rings. The highest BCUT2D eigenvalue weighted by molar-refractivity contribution is 9.09. The molecule has 3 aromatic rings. The summed E-state index contributed by atoms with van der Waals surface area (Å²) in [6.45, 7) is 0. The Morgan fingerprint density at radius 2 is 1.42 bits per heavy atom. The van der Waals surface area contributed by atoms with Crippen molar-refractivity contribution >= 4 is 27.3 Å². The molecule has 0 saturated heterocycles. The zero-order valence-electron chi connectivity index (χ0n) is 10.3. The van der Waals surface area contributed by atoms with Crippen LogP contribution in [0.3, 0.4) is 0 Å². The normalized spacial score (nSPS) is 12.3. The number of hydrogen-bond donors (Lipinski definition) is 0. The van der Waals surface area contributed by atoms with Gasteiger partial charge >= 0.3 is 0 Å². The minimum atomic E-state index is 0.289. The van der Waals surface area contributed by atoms with Gasteiger partial charge in [0.1, 0.15) is 0 Å². The first-order valence-electron chi connectivity index (χ1n) is 6.17. The van der Waals surface area contributed by atoms with Crippen LogP contribution in [-0.2, 0) is 0 Å². The number of hydrogen-bond acceptors (Lipinski definition) is 1. The van der Waals surface area contributed by atoms with Crippen molar-refractivity contribution in [3.63, 3.8) is 0 Å². The Bertz CT molecular complexity index is 627. The number of benzene rings is 2. The summed E-state index contributed by atoms with van der Waals surface area (Å²) in [6.07, 6.45) is 0. The Hall–Kier alpha value is -1.38. The zero-order chi connectivity index (χ0) is 13.1. The van der Waals surface area contributed by atoms with Crippen molar-refractivity contribution < 1.29 is 0 Å². The standard InChI is InChI=1S/C17H13BrS/c18-17(16-7-4-12-19-16)15-10-8-14(9-11-15)13-5-2-1-3-6-13/h1-12,17H. The predicted molar refractivity (Wildman–Crippen MR) is 87.0 cm³/mol. The van der Waals surface area contributed by atoms with Crippen molar-refractivity contribution in [2.75, 3.05) is 0 Å². The third-order valence-corrected chi connectivity index (χ3v) is 5.37. The van der Waals surface area contributed by atoms with E-state index in [1.54, 1.807) is 11.3 Å². The number of thiophene rings is 1. The highest BCUT2D eigenvalue weighted by Gasteiger charge is 2.10. The fourth-order valence-electron chi connectivity index (χ4n) is 2.07. The molecular weight excluding hydrogens is 316 g/mol. The van der Waals surface area contributed by atoms with Gasteiger partial charge in [-0.25, -0.2) is 0 Å². The van der Waals surface area contributed by atoms with Crippen molar-refractivity contribution in [2.45, 2.75) is 4.83 Å². The maximum atomic E-state index is 3.76. The second kappa shape index (κ2) is 5.72. The molecule has 1 atom stereocenters. The van der Waals surface area contributed by atoms with Crippen molar-refractivity contribution in [1.82, 2.24) is 0 Å². The molecule has 0 spiro atoms. The smallest absolute Gasteiger partial charge is 0.0738 e. The fraction of sp³-hybridized carbons (Fsp3) is 0.0588. The Kier molecular flexibility index (Phi) is 3.81. The summed E-state index contributed by atoms with van der Waals surface area (Å²) >= 11 is 5.54. The summed E-state index contributed by atoms with van der Waals surface area (Å²) in [4.78, 5) is 1.63. The molecular formula is C17H13BrS. The van der Waals surface area contributed by atoms with Crippen LogP contribution in [0.5, 0.6) is 0 Å². The molecule has 1 aromatic heterocycles. The molecule has 0 amide bonds. The molecule has 19 heavy (non-hydrogen) atoms. The Labute approximate surface area is 125 Å². The maximum absolute atomic E-state index is 3.76. The molecule has 1 unspecified atom stereocenters. The highest BCUT2D eigenvalue weighted by Crippen LogP contribution is 2.34. The van der Waals surface area contributed by atoms with Crippen LogP contribution in [0.2, 0.25) is 0 Å². The molecule has 94 valence electrons. The summed E-state index contributed by atoms with van der Waals surface area (Å²) in [7, 11) is 0. The van der Waals surface area contributed by atoms with Crippen LogP contribution in [0.1, 0.15) is 15.3 Å².